The summed E-state index contributed by atoms with van der Waals surface area (Å²) in [6, 6.07) is 0.0261. The Bertz CT molecular complexity index is 348. The van der Waals surface area contributed by atoms with Crippen LogP contribution in [0.2, 0.25) is 0 Å². The molecule has 2 amide bonds. The highest BCUT2D eigenvalue weighted by atomic mass is 16.5. The van der Waals surface area contributed by atoms with Gasteiger partial charge in [-0.25, -0.2) is 4.79 Å². The minimum Gasteiger partial charge on any atom is -0.481 e. The van der Waals surface area contributed by atoms with Crippen LogP contribution in [0, 0.1) is 11.8 Å². The average Bonchev–Trinajstić information content (AvgIpc) is 2.52. The van der Waals surface area contributed by atoms with E-state index in [1.165, 1.54) is 0 Å². The summed E-state index contributed by atoms with van der Waals surface area (Å²) in [6.45, 7) is 3.82. The standard InChI is InChI=1S/C15H26N2O4/c18-14(19)2-1-12-3-7-17(8-4-12)15(20)16-11-13-5-9-21-10-6-13/h12-13H,1-11H2,(H,16,20)(H,18,19). The van der Waals surface area contributed by atoms with E-state index in [2.05, 4.69) is 5.32 Å². The Balaban J connectivity index is 1.62. The molecule has 0 aromatic carbocycles. The number of ether oxygens (including phenoxy) is 1. The van der Waals surface area contributed by atoms with Gasteiger partial charge in [-0.2, -0.15) is 0 Å². The van der Waals surface area contributed by atoms with Crippen LogP contribution in [0.1, 0.15) is 38.5 Å². The second-order valence-electron chi connectivity index (χ2n) is 6.10. The van der Waals surface area contributed by atoms with Gasteiger partial charge in [0.25, 0.3) is 0 Å². The number of nitrogens with one attached hydrogen (secondary N) is 1. The van der Waals surface area contributed by atoms with Crippen LogP contribution in [0.5, 0.6) is 0 Å². The van der Waals surface area contributed by atoms with E-state index in [-0.39, 0.29) is 12.5 Å². The van der Waals surface area contributed by atoms with E-state index in [1.54, 1.807) is 0 Å². The predicted octanol–water partition coefficient (Wildman–Crippen LogP) is 1.70. The fourth-order valence-corrected chi connectivity index (χ4v) is 3.05. The molecule has 0 atom stereocenters. The maximum absolute atomic E-state index is 12.1. The van der Waals surface area contributed by atoms with E-state index in [1.807, 2.05) is 4.90 Å². The third kappa shape index (κ3) is 5.53. The van der Waals surface area contributed by atoms with Gasteiger partial charge < -0.3 is 20.1 Å². The van der Waals surface area contributed by atoms with E-state index < -0.39 is 5.97 Å². The Morgan fingerprint density at radius 1 is 1.10 bits per heavy atom. The zero-order chi connectivity index (χ0) is 15.1. The van der Waals surface area contributed by atoms with Gasteiger partial charge in [-0.3, -0.25) is 4.79 Å². The number of carboxylic acid groups (broad SMARTS) is 1. The quantitative estimate of drug-likeness (QED) is 0.809. The molecule has 0 aromatic heterocycles. The highest BCUT2D eigenvalue weighted by molar-refractivity contribution is 5.74. The summed E-state index contributed by atoms with van der Waals surface area (Å²) >= 11 is 0. The maximum Gasteiger partial charge on any atom is 0.317 e. The Kier molecular flexibility index (Phi) is 6.29. The average molecular weight is 298 g/mol. The number of carbonyl (C=O) groups excluding carboxylic acids is 1. The van der Waals surface area contributed by atoms with Gasteiger partial charge in [-0.1, -0.05) is 0 Å². The van der Waals surface area contributed by atoms with Crippen molar-refractivity contribution in [2.75, 3.05) is 32.8 Å². The molecule has 2 aliphatic rings. The first kappa shape index (κ1) is 16.1. The molecule has 0 unspecified atom stereocenters. The molecule has 0 radical (unpaired) electrons. The van der Waals surface area contributed by atoms with E-state index in [0.29, 0.717) is 11.8 Å². The number of rotatable bonds is 5. The summed E-state index contributed by atoms with van der Waals surface area (Å²) in [6.07, 6.45) is 4.85. The molecular weight excluding hydrogens is 272 g/mol. The van der Waals surface area contributed by atoms with Crippen LogP contribution in [-0.2, 0) is 9.53 Å². The number of carboxylic acids is 1. The molecule has 0 spiro atoms. The van der Waals surface area contributed by atoms with Gasteiger partial charge in [0.05, 0.1) is 0 Å². The summed E-state index contributed by atoms with van der Waals surface area (Å²) in [5.74, 6) is 0.253. The van der Waals surface area contributed by atoms with Gasteiger partial charge in [0.1, 0.15) is 0 Å². The van der Waals surface area contributed by atoms with Gasteiger partial charge in [0.15, 0.2) is 0 Å². The molecule has 2 N–H and O–H groups in total. The van der Waals surface area contributed by atoms with Crippen molar-refractivity contribution in [3.63, 3.8) is 0 Å². The minimum absolute atomic E-state index is 0.0261. The van der Waals surface area contributed by atoms with E-state index in [0.717, 1.165) is 65.0 Å². The second-order valence-corrected chi connectivity index (χ2v) is 6.10. The number of carbonyl (C=O) groups is 2. The topological polar surface area (TPSA) is 78.9 Å². The van der Waals surface area contributed by atoms with Crippen LogP contribution in [0.4, 0.5) is 4.79 Å². The molecule has 6 heteroatoms. The number of piperidine rings is 1. The highest BCUT2D eigenvalue weighted by Gasteiger charge is 2.23. The smallest absolute Gasteiger partial charge is 0.317 e. The van der Waals surface area contributed by atoms with E-state index >= 15 is 0 Å². The van der Waals surface area contributed by atoms with Crippen molar-refractivity contribution in [3.8, 4) is 0 Å². The van der Waals surface area contributed by atoms with Gasteiger partial charge in [0.2, 0.25) is 0 Å². The molecule has 0 saturated carbocycles. The molecule has 0 aliphatic carbocycles. The molecule has 2 aliphatic heterocycles. The first-order chi connectivity index (χ1) is 10.1. The van der Waals surface area contributed by atoms with Crippen LogP contribution >= 0.6 is 0 Å². The summed E-state index contributed by atoms with van der Waals surface area (Å²) in [5.41, 5.74) is 0. The van der Waals surface area contributed by atoms with Crippen molar-refractivity contribution >= 4 is 12.0 Å². The molecule has 2 rings (SSSR count). The molecule has 2 fully saturated rings. The number of aliphatic carboxylic acids is 1. The molecule has 2 heterocycles. The lowest BCUT2D eigenvalue weighted by atomic mass is 9.92. The van der Waals surface area contributed by atoms with Crippen molar-refractivity contribution in [2.24, 2.45) is 11.8 Å². The number of amides is 2. The zero-order valence-electron chi connectivity index (χ0n) is 12.6. The molecule has 0 bridgehead atoms. The second kappa shape index (κ2) is 8.22. The lowest BCUT2D eigenvalue weighted by Crippen LogP contribution is -2.46. The lowest BCUT2D eigenvalue weighted by Gasteiger charge is -2.32. The third-order valence-corrected chi connectivity index (χ3v) is 4.55. The summed E-state index contributed by atoms with van der Waals surface area (Å²) in [4.78, 5) is 24.5. The van der Waals surface area contributed by atoms with Crippen molar-refractivity contribution in [2.45, 2.75) is 38.5 Å². The SMILES string of the molecule is O=C(O)CCC1CCN(C(=O)NCC2CCOCC2)CC1. The molecular formula is C15H26N2O4. The molecule has 21 heavy (non-hydrogen) atoms. The Labute approximate surface area is 125 Å². The van der Waals surface area contributed by atoms with Crippen LogP contribution in [0.3, 0.4) is 0 Å². The summed E-state index contributed by atoms with van der Waals surface area (Å²) in [7, 11) is 0. The molecule has 120 valence electrons. The number of urea groups is 1. The summed E-state index contributed by atoms with van der Waals surface area (Å²) in [5, 5.41) is 11.7. The van der Waals surface area contributed by atoms with Crippen LogP contribution in [-0.4, -0.2) is 54.9 Å². The fraction of sp³-hybridized carbons (Fsp3) is 0.867. The van der Waals surface area contributed by atoms with Gasteiger partial charge in [0, 0.05) is 39.3 Å². The highest BCUT2D eigenvalue weighted by Crippen LogP contribution is 2.22. The first-order valence-corrected chi connectivity index (χ1v) is 7.97. The monoisotopic (exact) mass is 298 g/mol. The van der Waals surface area contributed by atoms with E-state index in [4.69, 9.17) is 9.84 Å². The van der Waals surface area contributed by atoms with Crippen LogP contribution in [0.25, 0.3) is 0 Å². The Hall–Kier alpha value is -1.30. The van der Waals surface area contributed by atoms with Crippen molar-refractivity contribution < 1.29 is 19.4 Å². The minimum atomic E-state index is -0.730. The van der Waals surface area contributed by atoms with Crippen molar-refractivity contribution in [1.29, 1.82) is 0 Å². The fourth-order valence-electron chi connectivity index (χ4n) is 3.05. The lowest BCUT2D eigenvalue weighted by molar-refractivity contribution is -0.137. The number of nitrogens with zero attached hydrogens (tertiary/aromatic N) is 1. The normalized spacial score (nSPS) is 21.2. The van der Waals surface area contributed by atoms with Gasteiger partial charge >= 0.3 is 12.0 Å². The maximum atomic E-state index is 12.1. The van der Waals surface area contributed by atoms with Crippen LogP contribution < -0.4 is 5.32 Å². The summed E-state index contributed by atoms with van der Waals surface area (Å²) < 4.78 is 5.31. The van der Waals surface area contributed by atoms with Crippen LogP contribution in [0.15, 0.2) is 0 Å². The molecule has 6 nitrogen and oxygen atoms in total. The van der Waals surface area contributed by atoms with Gasteiger partial charge in [-0.05, 0) is 43.9 Å². The Morgan fingerprint density at radius 3 is 2.38 bits per heavy atom. The first-order valence-electron chi connectivity index (χ1n) is 7.97. The number of hydrogen-bond donors (Lipinski definition) is 2. The zero-order valence-corrected chi connectivity index (χ0v) is 12.6. The third-order valence-electron chi connectivity index (χ3n) is 4.55. The molecule has 2 saturated heterocycles. The number of likely N-dealkylation sites (tertiary alicyclic amines) is 1. The van der Waals surface area contributed by atoms with Gasteiger partial charge in [-0.15, -0.1) is 0 Å². The van der Waals surface area contributed by atoms with E-state index in [9.17, 15) is 9.59 Å². The van der Waals surface area contributed by atoms with Crippen molar-refractivity contribution in [1.82, 2.24) is 10.2 Å². The largest absolute Gasteiger partial charge is 0.481 e. The predicted molar refractivity (Wildman–Crippen MR) is 78.1 cm³/mol. The van der Waals surface area contributed by atoms with Crippen molar-refractivity contribution in [3.05, 3.63) is 0 Å². The molecule has 0 aromatic rings. The number of hydrogen-bond acceptors (Lipinski definition) is 3. The Morgan fingerprint density at radius 2 is 1.76 bits per heavy atom.